The number of aromatic nitrogens is 4. The van der Waals surface area contributed by atoms with Crippen LogP contribution in [0.15, 0.2) is 40.2 Å². The predicted molar refractivity (Wildman–Crippen MR) is 83.6 cm³/mol. The summed E-state index contributed by atoms with van der Waals surface area (Å²) >= 11 is 5.26. The van der Waals surface area contributed by atoms with Gasteiger partial charge in [-0.05, 0) is 49.9 Å². The Morgan fingerprint density at radius 3 is 2.95 bits per heavy atom. The molecular weight excluding hydrogens is 338 g/mol. The summed E-state index contributed by atoms with van der Waals surface area (Å²) in [6.07, 6.45) is 0. The summed E-state index contributed by atoms with van der Waals surface area (Å²) in [5.41, 5.74) is 2.04. The zero-order chi connectivity index (χ0) is 13.9. The maximum absolute atomic E-state index is 4.02. The van der Waals surface area contributed by atoms with Crippen molar-refractivity contribution in [3.8, 4) is 11.4 Å². The standard InChI is InChI=1S/C13H12BrN5S/c1-19-13(16-17-18-19)9-3-2-4-10(7-9)15-8-12-11(14)5-6-20-12/h2-7,15H,8H2,1H3. The van der Waals surface area contributed by atoms with Crippen molar-refractivity contribution in [2.75, 3.05) is 5.32 Å². The van der Waals surface area contributed by atoms with E-state index in [-0.39, 0.29) is 0 Å². The van der Waals surface area contributed by atoms with Crippen molar-refractivity contribution >= 4 is 33.0 Å². The van der Waals surface area contributed by atoms with Crippen molar-refractivity contribution in [1.29, 1.82) is 0 Å². The first kappa shape index (κ1) is 13.3. The maximum atomic E-state index is 4.02. The van der Waals surface area contributed by atoms with Gasteiger partial charge in [0.2, 0.25) is 0 Å². The summed E-state index contributed by atoms with van der Waals surface area (Å²) in [6.45, 7) is 0.790. The lowest BCUT2D eigenvalue weighted by atomic mass is 10.2. The van der Waals surface area contributed by atoms with Crippen molar-refractivity contribution in [1.82, 2.24) is 20.2 Å². The fourth-order valence-electron chi connectivity index (χ4n) is 1.88. The molecule has 0 radical (unpaired) electrons. The molecule has 0 saturated carbocycles. The molecule has 2 heterocycles. The molecule has 0 bridgehead atoms. The number of benzene rings is 1. The average molecular weight is 350 g/mol. The van der Waals surface area contributed by atoms with E-state index in [1.165, 1.54) is 4.88 Å². The number of rotatable bonds is 4. The van der Waals surface area contributed by atoms with Gasteiger partial charge in [0, 0.05) is 27.6 Å². The first-order chi connectivity index (χ1) is 9.74. The van der Waals surface area contributed by atoms with Crippen molar-refractivity contribution in [3.05, 3.63) is 45.1 Å². The predicted octanol–water partition coefficient (Wildman–Crippen LogP) is 3.31. The molecule has 5 nitrogen and oxygen atoms in total. The zero-order valence-electron chi connectivity index (χ0n) is 10.7. The van der Waals surface area contributed by atoms with Crippen molar-refractivity contribution in [3.63, 3.8) is 0 Å². The van der Waals surface area contributed by atoms with Gasteiger partial charge in [0.05, 0.1) is 6.54 Å². The minimum absolute atomic E-state index is 0.756. The highest BCUT2D eigenvalue weighted by molar-refractivity contribution is 9.10. The van der Waals surface area contributed by atoms with Crippen LogP contribution in [-0.4, -0.2) is 20.2 Å². The summed E-state index contributed by atoms with van der Waals surface area (Å²) in [5, 5.41) is 17.0. The maximum Gasteiger partial charge on any atom is 0.181 e. The summed E-state index contributed by atoms with van der Waals surface area (Å²) in [4.78, 5) is 1.27. The van der Waals surface area contributed by atoms with E-state index in [1.54, 1.807) is 16.0 Å². The summed E-state index contributed by atoms with van der Waals surface area (Å²) < 4.78 is 2.80. The van der Waals surface area contributed by atoms with E-state index >= 15 is 0 Å². The third-order valence-electron chi connectivity index (χ3n) is 2.89. The quantitative estimate of drug-likeness (QED) is 0.784. The van der Waals surface area contributed by atoms with Gasteiger partial charge in [-0.15, -0.1) is 16.4 Å². The molecule has 0 amide bonds. The van der Waals surface area contributed by atoms with E-state index in [0.717, 1.165) is 28.1 Å². The lowest BCUT2D eigenvalue weighted by Gasteiger charge is -2.07. The number of anilines is 1. The van der Waals surface area contributed by atoms with Gasteiger partial charge in [0.15, 0.2) is 5.82 Å². The smallest absolute Gasteiger partial charge is 0.181 e. The molecule has 102 valence electrons. The second-order valence-corrected chi connectivity index (χ2v) is 6.11. The van der Waals surface area contributed by atoms with Gasteiger partial charge in [-0.25, -0.2) is 4.68 Å². The molecule has 1 aromatic carbocycles. The monoisotopic (exact) mass is 349 g/mol. The Morgan fingerprint density at radius 1 is 1.35 bits per heavy atom. The van der Waals surface area contributed by atoms with Crippen LogP contribution in [0.1, 0.15) is 4.88 Å². The molecule has 0 spiro atoms. The normalized spacial score (nSPS) is 10.7. The largest absolute Gasteiger partial charge is 0.380 e. The molecule has 0 aliphatic rings. The van der Waals surface area contributed by atoms with Gasteiger partial charge in [-0.3, -0.25) is 0 Å². The molecule has 0 aliphatic heterocycles. The van der Waals surface area contributed by atoms with E-state index in [9.17, 15) is 0 Å². The number of halogens is 1. The molecule has 3 aromatic rings. The fraction of sp³-hybridized carbons (Fsp3) is 0.154. The Balaban J connectivity index is 1.78. The molecule has 2 aromatic heterocycles. The van der Waals surface area contributed by atoms with Crippen LogP contribution >= 0.6 is 27.3 Å². The number of nitrogens with one attached hydrogen (secondary N) is 1. The molecular formula is C13H12BrN5S. The first-order valence-electron chi connectivity index (χ1n) is 6.02. The molecule has 7 heteroatoms. The van der Waals surface area contributed by atoms with Crippen molar-refractivity contribution < 1.29 is 0 Å². The highest BCUT2D eigenvalue weighted by Gasteiger charge is 2.06. The highest BCUT2D eigenvalue weighted by Crippen LogP contribution is 2.25. The zero-order valence-corrected chi connectivity index (χ0v) is 13.1. The lowest BCUT2D eigenvalue weighted by Crippen LogP contribution is -1.99. The van der Waals surface area contributed by atoms with Gasteiger partial charge < -0.3 is 5.32 Å². The Bertz CT molecular complexity index is 721. The van der Waals surface area contributed by atoms with Crippen LogP contribution in [0.2, 0.25) is 0 Å². The van der Waals surface area contributed by atoms with Gasteiger partial charge in [-0.2, -0.15) is 0 Å². The van der Waals surface area contributed by atoms with Crippen LogP contribution in [0.25, 0.3) is 11.4 Å². The molecule has 20 heavy (non-hydrogen) atoms. The number of hydrogen-bond acceptors (Lipinski definition) is 5. The van der Waals surface area contributed by atoms with Crippen LogP contribution in [0, 0.1) is 0 Å². The molecule has 0 unspecified atom stereocenters. The first-order valence-corrected chi connectivity index (χ1v) is 7.70. The third kappa shape index (κ3) is 2.73. The van der Waals surface area contributed by atoms with E-state index in [1.807, 2.05) is 31.3 Å². The number of thiophene rings is 1. The van der Waals surface area contributed by atoms with Gasteiger partial charge >= 0.3 is 0 Å². The van der Waals surface area contributed by atoms with Crippen LogP contribution < -0.4 is 5.32 Å². The second-order valence-electron chi connectivity index (χ2n) is 4.25. The number of tetrazole rings is 1. The Hall–Kier alpha value is -1.73. The van der Waals surface area contributed by atoms with E-state index in [0.29, 0.717) is 0 Å². The molecule has 0 saturated heterocycles. The molecule has 0 fully saturated rings. The van der Waals surface area contributed by atoms with Crippen LogP contribution in [0.4, 0.5) is 5.69 Å². The summed E-state index contributed by atoms with van der Waals surface area (Å²) in [6, 6.07) is 10.1. The SMILES string of the molecule is Cn1nnnc1-c1cccc(NCc2sccc2Br)c1. The Labute approximate surface area is 128 Å². The summed E-state index contributed by atoms with van der Waals surface area (Å²) in [5.74, 6) is 0.756. The van der Waals surface area contributed by atoms with Gasteiger partial charge in [0.1, 0.15) is 0 Å². The second kappa shape index (κ2) is 5.72. The minimum atomic E-state index is 0.756. The molecule has 0 aliphatic carbocycles. The number of hydrogen-bond donors (Lipinski definition) is 1. The summed E-state index contributed by atoms with van der Waals surface area (Å²) in [7, 11) is 1.83. The molecule has 3 rings (SSSR count). The van der Waals surface area contributed by atoms with Crippen molar-refractivity contribution in [2.45, 2.75) is 6.54 Å². The lowest BCUT2D eigenvalue weighted by molar-refractivity contribution is 0.714. The number of aryl methyl sites for hydroxylation is 1. The molecule has 1 N–H and O–H groups in total. The Morgan fingerprint density at radius 2 is 2.25 bits per heavy atom. The van der Waals surface area contributed by atoms with Crippen LogP contribution in [-0.2, 0) is 13.6 Å². The number of nitrogens with zero attached hydrogens (tertiary/aromatic N) is 4. The molecule has 0 atom stereocenters. The van der Waals surface area contributed by atoms with Gasteiger partial charge in [-0.1, -0.05) is 12.1 Å². The van der Waals surface area contributed by atoms with E-state index in [2.05, 4.69) is 48.2 Å². The third-order valence-corrected chi connectivity index (χ3v) is 4.81. The van der Waals surface area contributed by atoms with Crippen molar-refractivity contribution in [2.24, 2.45) is 7.05 Å². The average Bonchev–Trinajstić information content (AvgIpc) is 3.05. The Kier molecular flexibility index (Phi) is 3.79. The minimum Gasteiger partial charge on any atom is -0.380 e. The van der Waals surface area contributed by atoms with E-state index in [4.69, 9.17) is 0 Å². The fourth-order valence-corrected chi connectivity index (χ4v) is 3.31. The van der Waals surface area contributed by atoms with Crippen LogP contribution in [0.5, 0.6) is 0 Å². The topological polar surface area (TPSA) is 55.6 Å². The van der Waals surface area contributed by atoms with E-state index < -0.39 is 0 Å². The van der Waals surface area contributed by atoms with Crippen LogP contribution in [0.3, 0.4) is 0 Å². The highest BCUT2D eigenvalue weighted by atomic mass is 79.9. The van der Waals surface area contributed by atoms with Gasteiger partial charge in [0.25, 0.3) is 0 Å².